The minimum atomic E-state index is -0.499. The van der Waals surface area contributed by atoms with E-state index in [0.29, 0.717) is 0 Å². The van der Waals surface area contributed by atoms with Gasteiger partial charge in [-0.2, -0.15) is 0 Å². The first-order valence-electron chi connectivity index (χ1n) is 7.46. The van der Waals surface area contributed by atoms with E-state index in [1.165, 1.54) is 12.0 Å². The minimum Gasteiger partial charge on any atom is -0.390 e. The molecule has 0 heterocycles. The maximum absolute atomic E-state index is 11.0. The first kappa shape index (κ1) is 14.6. The van der Waals surface area contributed by atoms with Crippen molar-refractivity contribution in [2.45, 2.75) is 65.4 Å². The van der Waals surface area contributed by atoms with Crippen LogP contribution in [0, 0.1) is 10.8 Å². The summed E-state index contributed by atoms with van der Waals surface area (Å²) in [5.74, 6) is 0. The van der Waals surface area contributed by atoms with Crippen LogP contribution < -0.4 is 0 Å². The molecular weight excluding hydrogens is 232 g/mol. The number of aryl methyl sites for hydroxylation is 1. The molecular formula is C18H28O. The van der Waals surface area contributed by atoms with Gasteiger partial charge >= 0.3 is 0 Å². The number of aliphatic hydroxyl groups is 1. The first-order valence-corrected chi connectivity index (χ1v) is 7.46. The van der Waals surface area contributed by atoms with Crippen LogP contribution in [0.5, 0.6) is 0 Å². The van der Waals surface area contributed by atoms with Crippen molar-refractivity contribution in [1.29, 1.82) is 0 Å². The van der Waals surface area contributed by atoms with E-state index in [0.717, 1.165) is 25.7 Å². The van der Waals surface area contributed by atoms with Gasteiger partial charge in [0.2, 0.25) is 0 Å². The van der Waals surface area contributed by atoms with E-state index in [1.54, 1.807) is 0 Å². The Bertz CT molecular complexity index is 401. The third-order valence-electron chi connectivity index (χ3n) is 4.29. The van der Waals surface area contributed by atoms with E-state index in [9.17, 15) is 5.11 Å². The molecule has 1 aromatic carbocycles. The summed E-state index contributed by atoms with van der Waals surface area (Å²) < 4.78 is 0. The Labute approximate surface area is 118 Å². The summed E-state index contributed by atoms with van der Waals surface area (Å²) in [5, 5.41) is 11.0. The van der Waals surface area contributed by atoms with Crippen LogP contribution >= 0.6 is 0 Å². The monoisotopic (exact) mass is 260 g/mol. The Kier molecular flexibility index (Phi) is 3.79. The molecule has 106 valence electrons. The van der Waals surface area contributed by atoms with Crippen molar-refractivity contribution >= 4 is 0 Å². The lowest BCUT2D eigenvalue weighted by Gasteiger charge is -2.49. The fourth-order valence-corrected chi connectivity index (χ4v) is 4.46. The van der Waals surface area contributed by atoms with E-state index in [1.807, 2.05) is 6.07 Å². The highest BCUT2D eigenvalue weighted by Crippen LogP contribution is 2.51. The normalized spacial score (nSPS) is 24.1. The van der Waals surface area contributed by atoms with Gasteiger partial charge in [-0.05, 0) is 48.5 Å². The lowest BCUT2D eigenvalue weighted by molar-refractivity contribution is -0.0901. The van der Waals surface area contributed by atoms with Gasteiger partial charge < -0.3 is 5.11 Å². The number of benzene rings is 1. The van der Waals surface area contributed by atoms with Crippen molar-refractivity contribution < 1.29 is 5.11 Å². The number of rotatable bonds is 3. The minimum absolute atomic E-state index is 0.243. The highest BCUT2D eigenvalue weighted by Gasteiger charge is 2.45. The summed E-state index contributed by atoms with van der Waals surface area (Å²) in [6.45, 7) is 9.17. The quantitative estimate of drug-likeness (QED) is 0.843. The molecule has 0 radical (unpaired) electrons. The van der Waals surface area contributed by atoms with Gasteiger partial charge in [-0.1, -0.05) is 58.0 Å². The van der Waals surface area contributed by atoms with E-state index in [4.69, 9.17) is 0 Å². The molecule has 0 bridgehead atoms. The first-order chi connectivity index (χ1) is 8.70. The van der Waals surface area contributed by atoms with Gasteiger partial charge in [-0.15, -0.1) is 0 Å². The maximum atomic E-state index is 11.0. The van der Waals surface area contributed by atoms with Crippen LogP contribution in [0.15, 0.2) is 30.3 Å². The van der Waals surface area contributed by atoms with Gasteiger partial charge in [0.05, 0.1) is 5.60 Å². The van der Waals surface area contributed by atoms with Crippen LogP contribution in [0.1, 0.15) is 58.9 Å². The highest BCUT2D eigenvalue weighted by molar-refractivity contribution is 5.15. The average Bonchev–Trinajstić information content (AvgIpc) is 2.23. The molecule has 0 saturated heterocycles. The largest absolute Gasteiger partial charge is 0.390 e. The van der Waals surface area contributed by atoms with Gasteiger partial charge in [0.1, 0.15) is 0 Å². The summed E-state index contributed by atoms with van der Waals surface area (Å²) in [7, 11) is 0. The van der Waals surface area contributed by atoms with Crippen molar-refractivity contribution in [3.05, 3.63) is 35.9 Å². The highest BCUT2D eigenvalue weighted by atomic mass is 16.3. The second kappa shape index (κ2) is 4.94. The molecule has 0 unspecified atom stereocenters. The third-order valence-corrected chi connectivity index (χ3v) is 4.29. The Hall–Kier alpha value is -0.820. The number of hydrogen-bond donors (Lipinski definition) is 1. The summed E-state index contributed by atoms with van der Waals surface area (Å²) in [4.78, 5) is 0. The fourth-order valence-electron chi connectivity index (χ4n) is 4.46. The lowest BCUT2D eigenvalue weighted by Crippen LogP contribution is -2.46. The van der Waals surface area contributed by atoms with Crippen LogP contribution in [0.3, 0.4) is 0 Å². The van der Waals surface area contributed by atoms with Crippen molar-refractivity contribution in [1.82, 2.24) is 0 Å². The molecule has 2 rings (SSSR count). The zero-order chi connectivity index (χ0) is 14.1. The second-order valence-corrected chi connectivity index (χ2v) is 8.07. The van der Waals surface area contributed by atoms with Crippen molar-refractivity contribution in [2.75, 3.05) is 0 Å². The van der Waals surface area contributed by atoms with Gasteiger partial charge in [0.15, 0.2) is 0 Å². The molecule has 1 N–H and O–H groups in total. The molecule has 0 aromatic heterocycles. The Morgan fingerprint density at radius 2 is 1.42 bits per heavy atom. The molecule has 0 atom stereocenters. The van der Waals surface area contributed by atoms with E-state index in [2.05, 4.69) is 52.0 Å². The molecule has 1 heteroatoms. The standard InChI is InChI=1S/C18H28O/c1-16(2)12-17(3,4)14-18(19,13-16)11-10-15-8-6-5-7-9-15/h5-9,19H,10-14H2,1-4H3. The van der Waals surface area contributed by atoms with Crippen molar-refractivity contribution in [3.8, 4) is 0 Å². The molecule has 1 aliphatic carbocycles. The van der Waals surface area contributed by atoms with Gasteiger partial charge in [0.25, 0.3) is 0 Å². The molecule has 1 fully saturated rings. The van der Waals surface area contributed by atoms with Crippen LogP contribution in [0.25, 0.3) is 0 Å². The van der Waals surface area contributed by atoms with Crippen LogP contribution in [0.4, 0.5) is 0 Å². The van der Waals surface area contributed by atoms with E-state index in [-0.39, 0.29) is 10.8 Å². The molecule has 0 spiro atoms. The molecule has 1 saturated carbocycles. The van der Waals surface area contributed by atoms with Crippen LogP contribution in [-0.4, -0.2) is 10.7 Å². The van der Waals surface area contributed by atoms with E-state index >= 15 is 0 Å². The molecule has 19 heavy (non-hydrogen) atoms. The maximum Gasteiger partial charge on any atom is 0.0661 e. The summed E-state index contributed by atoms with van der Waals surface area (Å²) in [5.41, 5.74) is 1.32. The molecule has 0 aliphatic heterocycles. The van der Waals surface area contributed by atoms with E-state index < -0.39 is 5.60 Å². The lowest BCUT2D eigenvalue weighted by atomic mass is 9.58. The van der Waals surface area contributed by atoms with Crippen LogP contribution in [-0.2, 0) is 6.42 Å². The molecule has 1 nitrogen and oxygen atoms in total. The topological polar surface area (TPSA) is 20.2 Å². The molecule has 1 aromatic rings. The smallest absolute Gasteiger partial charge is 0.0661 e. The Morgan fingerprint density at radius 3 is 1.95 bits per heavy atom. The van der Waals surface area contributed by atoms with Crippen LogP contribution in [0.2, 0.25) is 0 Å². The average molecular weight is 260 g/mol. The fraction of sp³-hybridized carbons (Fsp3) is 0.667. The predicted molar refractivity (Wildman–Crippen MR) is 81.1 cm³/mol. The SMILES string of the molecule is CC1(C)CC(C)(C)CC(O)(CCc2ccccc2)C1. The Balaban J connectivity index is 2.05. The molecule has 0 amide bonds. The van der Waals surface area contributed by atoms with Crippen molar-refractivity contribution in [2.24, 2.45) is 10.8 Å². The molecule has 1 aliphatic rings. The summed E-state index contributed by atoms with van der Waals surface area (Å²) in [6.07, 6.45) is 4.91. The zero-order valence-electron chi connectivity index (χ0n) is 12.9. The Morgan fingerprint density at radius 1 is 0.895 bits per heavy atom. The summed E-state index contributed by atoms with van der Waals surface area (Å²) >= 11 is 0. The van der Waals surface area contributed by atoms with Gasteiger partial charge in [0, 0.05) is 0 Å². The predicted octanol–water partition coefficient (Wildman–Crippen LogP) is 4.59. The third kappa shape index (κ3) is 4.07. The number of hydrogen-bond acceptors (Lipinski definition) is 1. The van der Waals surface area contributed by atoms with Gasteiger partial charge in [-0.25, -0.2) is 0 Å². The second-order valence-electron chi connectivity index (χ2n) is 8.07. The summed E-state index contributed by atoms with van der Waals surface area (Å²) in [6, 6.07) is 10.5. The zero-order valence-corrected chi connectivity index (χ0v) is 12.9. The van der Waals surface area contributed by atoms with Gasteiger partial charge in [-0.3, -0.25) is 0 Å². The van der Waals surface area contributed by atoms with Crippen molar-refractivity contribution in [3.63, 3.8) is 0 Å².